The molecule has 0 saturated carbocycles. The molecule has 5 nitrogen and oxygen atoms in total. The van der Waals surface area contributed by atoms with Gasteiger partial charge >= 0.3 is 5.97 Å². The molecule has 1 aromatic carbocycles. The first-order valence-electron chi connectivity index (χ1n) is 6.73. The van der Waals surface area contributed by atoms with Gasteiger partial charge in [-0.15, -0.1) is 0 Å². The predicted molar refractivity (Wildman–Crippen MR) is 76.8 cm³/mol. The third-order valence-corrected chi connectivity index (χ3v) is 3.05. The van der Waals surface area contributed by atoms with Crippen LogP contribution >= 0.6 is 0 Å². The summed E-state index contributed by atoms with van der Waals surface area (Å²) >= 11 is 0. The number of ether oxygens (including phenoxy) is 2. The second-order valence-corrected chi connectivity index (χ2v) is 4.56. The summed E-state index contributed by atoms with van der Waals surface area (Å²) in [5.74, 6) is 0.575. The first-order chi connectivity index (χ1) is 9.69. The van der Waals surface area contributed by atoms with Crippen LogP contribution in [0.2, 0.25) is 0 Å². The summed E-state index contributed by atoms with van der Waals surface area (Å²) in [7, 11) is 3.02. The molecule has 0 radical (unpaired) electrons. The highest BCUT2D eigenvalue weighted by atomic mass is 16.5. The van der Waals surface area contributed by atoms with Gasteiger partial charge in [-0.1, -0.05) is 12.1 Å². The fourth-order valence-corrected chi connectivity index (χ4v) is 1.93. The SMILES string of the molecule is COC(=O)CC(Cc1ccc(OC)cc1)NCCCO. The van der Waals surface area contributed by atoms with Gasteiger partial charge in [0.1, 0.15) is 5.75 Å². The van der Waals surface area contributed by atoms with E-state index in [1.807, 2.05) is 24.3 Å². The Labute approximate surface area is 119 Å². The Kier molecular flexibility index (Phi) is 7.69. The molecule has 0 spiro atoms. The molecule has 0 saturated heterocycles. The minimum Gasteiger partial charge on any atom is -0.497 e. The number of esters is 1. The van der Waals surface area contributed by atoms with E-state index in [9.17, 15) is 4.79 Å². The molecule has 20 heavy (non-hydrogen) atoms. The molecular formula is C15H23NO4. The largest absolute Gasteiger partial charge is 0.497 e. The summed E-state index contributed by atoms with van der Waals surface area (Å²) in [5, 5.41) is 12.1. The molecule has 1 unspecified atom stereocenters. The maximum Gasteiger partial charge on any atom is 0.307 e. The topological polar surface area (TPSA) is 67.8 Å². The Bertz CT molecular complexity index is 391. The van der Waals surface area contributed by atoms with Gasteiger partial charge in [0.25, 0.3) is 0 Å². The predicted octanol–water partition coefficient (Wildman–Crippen LogP) is 1.14. The number of methoxy groups -OCH3 is 2. The number of aliphatic hydroxyl groups excluding tert-OH is 1. The first-order valence-corrected chi connectivity index (χ1v) is 6.73. The Balaban J connectivity index is 2.58. The van der Waals surface area contributed by atoms with Gasteiger partial charge in [-0.2, -0.15) is 0 Å². The van der Waals surface area contributed by atoms with E-state index in [1.165, 1.54) is 7.11 Å². The van der Waals surface area contributed by atoms with Crippen LogP contribution in [0.1, 0.15) is 18.4 Å². The van der Waals surface area contributed by atoms with Crippen molar-refractivity contribution in [3.63, 3.8) is 0 Å². The number of nitrogens with one attached hydrogen (secondary N) is 1. The molecule has 1 atom stereocenters. The van der Waals surface area contributed by atoms with E-state index in [0.717, 1.165) is 17.7 Å². The minimum absolute atomic E-state index is 0.00222. The van der Waals surface area contributed by atoms with Gasteiger partial charge in [0.15, 0.2) is 0 Å². The zero-order chi connectivity index (χ0) is 14.8. The summed E-state index contributed by atoms with van der Waals surface area (Å²) < 4.78 is 9.83. The first kappa shape index (κ1) is 16.5. The third kappa shape index (κ3) is 6.04. The van der Waals surface area contributed by atoms with Gasteiger partial charge in [-0.05, 0) is 37.1 Å². The lowest BCUT2D eigenvalue weighted by Gasteiger charge is -2.17. The molecule has 2 N–H and O–H groups in total. The van der Waals surface area contributed by atoms with Crippen LogP contribution in [-0.4, -0.2) is 44.5 Å². The normalized spacial score (nSPS) is 11.9. The van der Waals surface area contributed by atoms with Gasteiger partial charge in [0, 0.05) is 12.6 Å². The molecule has 0 amide bonds. The molecule has 0 fully saturated rings. The Hall–Kier alpha value is -1.59. The number of carbonyl (C=O) groups excluding carboxylic acids is 1. The number of hydrogen-bond donors (Lipinski definition) is 2. The zero-order valence-electron chi connectivity index (χ0n) is 12.1. The summed E-state index contributed by atoms with van der Waals surface area (Å²) in [5.41, 5.74) is 1.12. The van der Waals surface area contributed by atoms with Crippen LogP contribution in [0.15, 0.2) is 24.3 Å². The number of rotatable bonds is 9. The van der Waals surface area contributed by atoms with Crippen molar-refractivity contribution in [1.29, 1.82) is 0 Å². The molecule has 0 aliphatic heterocycles. The van der Waals surface area contributed by atoms with Crippen LogP contribution in [0.25, 0.3) is 0 Å². The van der Waals surface area contributed by atoms with E-state index in [4.69, 9.17) is 14.6 Å². The quantitative estimate of drug-likeness (QED) is 0.525. The molecule has 112 valence electrons. The average molecular weight is 281 g/mol. The molecule has 1 aromatic rings. The fourth-order valence-electron chi connectivity index (χ4n) is 1.93. The van der Waals surface area contributed by atoms with Crippen molar-refractivity contribution in [1.82, 2.24) is 5.32 Å². The van der Waals surface area contributed by atoms with Gasteiger partial charge in [-0.25, -0.2) is 0 Å². The van der Waals surface area contributed by atoms with Gasteiger partial charge in [-0.3, -0.25) is 4.79 Å². The van der Waals surface area contributed by atoms with Gasteiger partial charge in [0.2, 0.25) is 0 Å². The van der Waals surface area contributed by atoms with Crippen LogP contribution in [-0.2, 0) is 16.0 Å². The highest BCUT2D eigenvalue weighted by molar-refractivity contribution is 5.70. The Morgan fingerprint density at radius 3 is 2.55 bits per heavy atom. The van der Waals surface area contributed by atoms with Crippen LogP contribution in [0.3, 0.4) is 0 Å². The summed E-state index contributed by atoms with van der Waals surface area (Å²) in [6.45, 7) is 0.814. The van der Waals surface area contributed by atoms with Crippen molar-refractivity contribution >= 4 is 5.97 Å². The molecule has 0 aliphatic rings. The zero-order valence-corrected chi connectivity index (χ0v) is 12.1. The van der Waals surface area contributed by atoms with E-state index in [0.29, 0.717) is 19.4 Å². The van der Waals surface area contributed by atoms with Crippen LogP contribution in [0.4, 0.5) is 0 Å². The van der Waals surface area contributed by atoms with Gasteiger partial charge < -0.3 is 19.9 Å². The summed E-state index contributed by atoms with van der Waals surface area (Å²) in [6.07, 6.45) is 1.71. The van der Waals surface area contributed by atoms with Crippen molar-refractivity contribution in [3.8, 4) is 5.75 Å². The molecule has 1 rings (SSSR count). The van der Waals surface area contributed by atoms with Crippen molar-refractivity contribution < 1.29 is 19.4 Å². The van der Waals surface area contributed by atoms with Crippen LogP contribution < -0.4 is 10.1 Å². The lowest BCUT2D eigenvalue weighted by molar-refractivity contribution is -0.141. The highest BCUT2D eigenvalue weighted by Crippen LogP contribution is 2.13. The van der Waals surface area contributed by atoms with E-state index in [-0.39, 0.29) is 18.6 Å². The highest BCUT2D eigenvalue weighted by Gasteiger charge is 2.14. The van der Waals surface area contributed by atoms with E-state index in [1.54, 1.807) is 7.11 Å². The molecule has 0 aliphatic carbocycles. The standard InChI is InChI=1S/C15H23NO4/c1-19-14-6-4-12(5-7-14)10-13(11-15(18)20-2)16-8-3-9-17/h4-7,13,16-17H,3,8-11H2,1-2H3. The van der Waals surface area contributed by atoms with E-state index in [2.05, 4.69) is 5.32 Å². The summed E-state index contributed by atoms with van der Waals surface area (Å²) in [6, 6.07) is 7.77. The van der Waals surface area contributed by atoms with Crippen LogP contribution in [0, 0.1) is 0 Å². The maximum atomic E-state index is 11.4. The smallest absolute Gasteiger partial charge is 0.307 e. The van der Waals surface area contributed by atoms with Gasteiger partial charge in [0.05, 0.1) is 20.6 Å². The Morgan fingerprint density at radius 2 is 2.00 bits per heavy atom. The lowest BCUT2D eigenvalue weighted by Crippen LogP contribution is -2.34. The van der Waals surface area contributed by atoms with Crippen LogP contribution in [0.5, 0.6) is 5.75 Å². The van der Waals surface area contributed by atoms with E-state index >= 15 is 0 Å². The maximum absolute atomic E-state index is 11.4. The molecule has 5 heteroatoms. The monoisotopic (exact) mass is 281 g/mol. The molecular weight excluding hydrogens is 258 g/mol. The Morgan fingerprint density at radius 1 is 1.30 bits per heavy atom. The van der Waals surface area contributed by atoms with Crippen molar-refractivity contribution in [3.05, 3.63) is 29.8 Å². The number of benzene rings is 1. The number of carbonyl (C=O) groups is 1. The van der Waals surface area contributed by atoms with Crippen molar-refractivity contribution in [2.75, 3.05) is 27.4 Å². The molecule has 0 aromatic heterocycles. The van der Waals surface area contributed by atoms with Crippen molar-refractivity contribution in [2.45, 2.75) is 25.3 Å². The van der Waals surface area contributed by atoms with E-state index < -0.39 is 0 Å². The number of aliphatic hydroxyl groups is 1. The summed E-state index contributed by atoms with van der Waals surface area (Å²) in [4.78, 5) is 11.4. The lowest BCUT2D eigenvalue weighted by atomic mass is 10.0. The fraction of sp³-hybridized carbons (Fsp3) is 0.533. The molecule has 0 bridgehead atoms. The second-order valence-electron chi connectivity index (χ2n) is 4.56. The minimum atomic E-state index is -0.236. The average Bonchev–Trinajstić information content (AvgIpc) is 2.48. The third-order valence-electron chi connectivity index (χ3n) is 3.05. The second kappa shape index (κ2) is 9.34. The number of hydrogen-bond acceptors (Lipinski definition) is 5. The molecule has 0 heterocycles. The van der Waals surface area contributed by atoms with Crippen molar-refractivity contribution in [2.24, 2.45) is 0 Å².